The van der Waals surface area contributed by atoms with Crippen LogP contribution in [0.3, 0.4) is 0 Å². The number of ether oxygens (including phenoxy) is 1. The number of benzene rings is 3. The zero-order chi connectivity index (χ0) is 22.0. The number of ketones is 1. The third-order valence-corrected chi connectivity index (χ3v) is 6.47. The van der Waals surface area contributed by atoms with Crippen LogP contribution in [0.15, 0.2) is 83.4 Å². The monoisotopic (exact) mass is 427 g/mol. The molecule has 0 aromatic heterocycles. The number of fused-ring (bicyclic) bond motifs is 1. The van der Waals surface area contributed by atoms with Gasteiger partial charge in [0.25, 0.3) is 0 Å². The van der Waals surface area contributed by atoms with E-state index in [0.29, 0.717) is 17.6 Å². The van der Waals surface area contributed by atoms with Gasteiger partial charge in [-0.05, 0) is 59.9 Å². The van der Waals surface area contributed by atoms with Crippen molar-refractivity contribution in [3.8, 4) is 5.75 Å². The van der Waals surface area contributed by atoms with E-state index in [1.54, 1.807) is 18.0 Å². The van der Waals surface area contributed by atoms with E-state index >= 15 is 0 Å². The molecule has 31 heavy (non-hydrogen) atoms. The maximum Gasteiger partial charge on any atom is 0.188 e. The van der Waals surface area contributed by atoms with Crippen molar-refractivity contribution in [1.82, 2.24) is 5.32 Å². The van der Waals surface area contributed by atoms with Crippen molar-refractivity contribution >= 4 is 34.0 Å². The lowest BCUT2D eigenvalue weighted by atomic mass is 9.95. The lowest BCUT2D eigenvalue weighted by molar-refractivity contribution is 0.103. The van der Waals surface area contributed by atoms with Gasteiger partial charge in [0.1, 0.15) is 17.0 Å². The van der Waals surface area contributed by atoms with Gasteiger partial charge in [-0.3, -0.25) is 4.79 Å². The topological polar surface area (TPSA) is 38.3 Å². The van der Waals surface area contributed by atoms with Crippen molar-refractivity contribution in [3.05, 3.63) is 106 Å². The Balaban J connectivity index is 1.51. The molecule has 0 unspecified atom stereocenters. The lowest BCUT2D eigenvalue weighted by Crippen LogP contribution is -2.07. The molecule has 0 fully saturated rings. The molecule has 4 rings (SSSR count). The molecule has 0 atom stereocenters. The maximum atomic E-state index is 12.5. The molecule has 0 saturated carbocycles. The average Bonchev–Trinajstić information content (AvgIpc) is 3.27. The Kier molecular flexibility index (Phi) is 6.01. The summed E-state index contributed by atoms with van der Waals surface area (Å²) in [6, 6.07) is 18.4. The highest BCUT2D eigenvalue weighted by Gasteiger charge is 2.17. The van der Waals surface area contributed by atoms with E-state index in [9.17, 15) is 4.79 Å². The number of carbonyl (C=O) groups is 1. The number of Topliss-reactive ketones (excluding diaryl/α,β-unsaturated/α-hetero) is 1. The van der Waals surface area contributed by atoms with Crippen molar-refractivity contribution in [2.24, 2.45) is 0 Å². The molecule has 0 spiro atoms. The van der Waals surface area contributed by atoms with Crippen LogP contribution in [0.5, 0.6) is 5.75 Å². The first-order valence-corrected chi connectivity index (χ1v) is 11.2. The summed E-state index contributed by atoms with van der Waals surface area (Å²) < 4.78 is 5.98. The Morgan fingerprint density at radius 2 is 1.84 bits per heavy atom. The molecular formula is C27H25NO2S. The van der Waals surface area contributed by atoms with Crippen molar-refractivity contribution in [2.75, 3.05) is 0 Å². The predicted octanol–water partition coefficient (Wildman–Crippen LogP) is 7.12. The SMILES string of the molecule is C=C(CC)C(=O)c1ccc(OC=C2NC(c3cccc4ccccc34)=CS2)c(C)c1C. The summed E-state index contributed by atoms with van der Waals surface area (Å²) in [6.07, 6.45) is 2.38. The van der Waals surface area contributed by atoms with Crippen LogP contribution in [-0.4, -0.2) is 5.78 Å². The van der Waals surface area contributed by atoms with Gasteiger partial charge in [-0.1, -0.05) is 67.7 Å². The number of carbonyl (C=O) groups excluding carboxylic acids is 1. The molecule has 3 aromatic carbocycles. The molecule has 0 amide bonds. The van der Waals surface area contributed by atoms with Crippen LogP contribution >= 0.6 is 11.8 Å². The predicted molar refractivity (Wildman–Crippen MR) is 131 cm³/mol. The first-order valence-electron chi connectivity index (χ1n) is 10.3. The molecule has 3 nitrogen and oxygen atoms in total. The Morgan fingerprint density at radius 1 is 1.06 bits per heavy atom. The van der Waals surface area contributed by atoms with E-state index < -0.39 is 0 Å². The summed E-state index contributed by atoms with van der Waals surface area (Å²) in [5, 5.41) is 8.90. The Morgan fingerprint density at radius 3 is 2.65 bits per heavy atom. The van der Waals surface area contributed by atoms with Gasteiger partial charge in [0.2, 0.25) is 0 Å². The molecule has 156 valence electrons. The highest BCUT2D eigenvalue weighted by Crippen LogP contribution is 2.34. The summed E-state index contributed by atoms with van der Waals surface area (Å²) in [6.45, 7) is 9.75. The Bertz CT molecular complexity index is 1250. The van der Waals surface area contributed by atoms with Gasteiger partial charge in [0.15, 0.2) is 5.78 Å². The van der Waals surface area contributed by atoms with Gasteiger partial charge in [0.05, 0.1) is 5.70 Å². The summed E-state index contributed by atoms with van der Waals surface area (Å²) >= 11 is 1.60. The number of thioether (sulfide) groups is 1. The first kappa shape index (κ1) is 21.0. The van der Waals surface area contributed by atoms with Gasteiger partial charge in [0, 0.05) is 16.5 Å². The van der Waals surface area contributed by atoms with Crippen LogP contribution in [0, 0.1) is 13.8 Å². The molecule has 0 saturated heterocycles. The molecule has 1 heterocycles. The van der Waals surface area contributed by atoms with Crippen molar-refractivity contribution in [2.45, 2.75) is 27.2 Å². The number of rotatable bonds is 6. The molecule has 0 bridgehead atoms. The van der Waals surface area contributed by atoms with Crippen LogP contribution in [0.2, 0.25) is 0 Å². The van der Waals surface area contributed by atoms with E-state index in [1.165, 1.54) is 16.3 Å². The maximum absolute atomic E-state index is 12.5. The second kappa shape index (κ2) is 8.86. The van der Waals surface area contributed by atoms with E-state index in [2.05, 4.69) is 59.8 Å². The zero-order valence-electron chi connectivity index (χ0n) is 18.0. The smallest absolute Gasteiger partial charge is 0.188 e. The molecule has 1 aliphatic rings. The van der Waals surface area contributed by atoms with E-state index in [4.69, 9.17) is 4.74 Å². The fourth-order valence-electron chi connectivity index (χ4n) is 3.60. The second-order valence-electron chi connectivity index (χ2n) is 7.55. The Hall–Kier alpha value is -3.24. The first-order chi connectivity index (χ1) is 15.0. The van der Waals surface area contributed by atoms with E-state index in [-0.39, 0.29) is 5.78 Å². The molecule has 1 aliphatic heterocycles. The largest absolute Gasteiger partial charge is 0.462 e. The van der Waals surface area contributed by atoms with Gasteiger partial charge in [-0.15, -0.1) is 0 Å². The van der Waals surface area contributed by atoms with Crippen molar-refractivity contribution in [3.63, 3.8) is 0 Å². The fraction of sp³-hybridized carbons (Fsp3) is 0.148. The number of nitrogens with one attached hydrogen (secondary N) is 1. The standard InChI is InChI=1S/C27H25NO2S/c1-5-17(2)27(29)21-13-14-25(19(4)18(21)3)30-15-26-28-24(16-31-26)23-12-8-10-20-9-6-7-11-22(20)23/h6-16,28H,2,5H2,1,3-4H3. The summed E-state index contributed by atoms with van der Waals surface area (Å²) in [5.74, 6) is 0.745. The summed E-state index contributed by atoms with van der Waals surface area (Å²) in [7, 11) is 0. The lowest BCUT2D eigenvalue weighted by Gasteiger charge is -2.13. The van der Waals surface area contributed by atoms with Gasteiger partial charge in [-0.2, -0.15) is 0 Å². The van der Waals surface area contributed by atoms with E-state index in [0.717, 1.165) is 27.6 Å². The van der Waals surface area contributed by atoms with Gasteiger partial charge in [-0.25, -0.2) is 0 Å². The quantitative estimate of drug-likeness (QED) is 0.258. The van der Waals surface area contributed by atoms with Gasteiger partial charge >= 0.3 is 0 Å². The highest BCUT2D eigenvalue weighted by atomic mass is 32.2. The van der Waals surface area contributed by atoms with Crippen molar-refractivity contribution in [1.29, 1.82) is 0 Å². The molecule has 0 radical (unpaired) electrons. The van der Waals surface area contributed by atoms with Crippen molar-refractivity contribution < 1.29 is 9.53 Å². The van der Waals surface area contributed by atoms with Crippen LogP contribution in [0.4, 0.5) is 0 Å². The molecular weight excluding hydrogens is 402 g/mol. The normalized spacial score (nSPS) is 14.4. The van der Waals surface area contributed by atoms with Crippen LogP contribution in [0.1, 0.15) is 40.4 Å². The summed E-state index contributed by atoms with van der Waals surface area (Å²) in [5.41, 5.74) is 5.42. The third-order valence-electron chi connectivity index (χ3n) is 5.66. The molecule has 1 N–H and O–H groups in total. The van der Waals surface area contributed by atoms with Gasteiger partial charge < -0.3 is 10.1 Å². The minimum atomic E-state index is 0.00458. The van der Waals surface area contributed by atoms with Crippen LogP contribution in [-0.2, 0) is 0 Å². The third kappa shape index (κ3) is 4.17. The molecule has 0 aliphatic carbocycles. The van der Waals surface area contributed by atoms with Crippen LogP contribution < -0.4 is 10.1 Å². The Labute approximate surface area is 187 Å². The van der Waals surface area contributed by atoms with E-state index in [1.807, 2.05) is 32.9 Å². The fourth-order valence-corrected chi connectivity index (χ4v) is 4.30. The number of allylic oxidation sites excluding steroid dienone is 1. The minimum Gasteiger partial charge on any atom is -0.462 e. The molecule has 3 aromatic rings. The average molecular weight is 428 g/mol. The molecule has 4 heteroatoms. The summed E-state index contributed by atoms with van der Waals surface area (Å²) in [4.78, 5) is 12.5. The minimum absolute atomic E-state index is 0.00458. The number of hydrogen-bond acceptors (Lipinski definition) is 4. The zero-order valence-corrected chi connectivity index (χ0v) is 18.8. The second-order valence-corrected chi connectivity index (χ2v) is 8.46. The highest BCUT2D eigenvalue weighted by molar-refractivity contribution is 8.06. The number of hydrogen-bond donors (Lipinski definition) is 1. The van der Waals surface area contributed by atoms with Crippen LogP contribution in [0.25, 0.3) is 16.5 Å².